The molecule has 1 heterocycles. The number of hydrogen-bond donors (Lipinski definition) is 0. The van der Waals surface area contributed by atoms with Crippen LogP contribution in [0.2, 0.25) is 0 Å². The van der Waals surface area contributed by atoms with Crippen molar-refractivity contribution >= 4 is 15.9 Å². The first-order chi connectivity index (χ1) is 9.67. The summed E-state index contributed by atoms with van der Waals surface area (Å²) in [6.07, 6.45) is 3.69. The maximum atomic E-state index is 13.7. The van der Waals surface area contributed by atoms with Crippen LogP contribution in [0.1, 0.15) is 31.2 Å². The van der Waals surface area contributed by atoms with Crippen LogP contribution in [0.5, 0.6) is 0 Å². The maximum absolute atomic E-state index is 13.7. The van der Waals surface area contributed by atoms with Crippen LogP contribution in [-0.4, -0.2) is 25.1 Å². The van der Waals surface area contributed by atoms with E-state index in [9.17, 15) is 4.39 Å². The molecule has 0 unspecified atom stereocenters. The van der Waals surface area contributed by atoms with Gasteiger partial charge in [-0.05, 0) is 25.0 Å². The van der Waals surface area contributed by atoms with Crippen molar-refractivity contribution in [2.75, 3.05) is 13.2 Å². The lowest BCUT2D eigenvalue weighted by Crippen LogP contribution is -2.37. The highest BCUT2D eigenvalue weighted by atomic mass is 79.9. The lowest BCUT2D eigenvalue weighted by Gasteiger charge is -2.35. The Balaban J connectivity index is 1.50. The molecule has 2 fully saturated rings. The Morgan fingerprint density at radius 2 is 1.95 bits per heavy atom. The summed E-state index contributed by atoms with van der Waals surface area (Å²) in [4.78, 5) is 0. The van der Waals surface area contributed by atoms with Gasteiger partial charge in [0, 0.05) is 22.9 Å². The lowest BCUT2D eigenvalue weighted by atomic mass is 9.92. The number of ether oxygens (including phenoxy) is 3. The van der Waals surface area contributed by atoms with Gasteiger partial charge in [-0.25, -0.2) is 4.39 Å². The zero-order chi connectivity index (χ0) is 14.0. The predicted octanol–water partition coefficient (Wildman–Crippen LogP) is 3.79. The second-order valence-corrected chi connectivity index (χ2v) is 6.27. The fourth-order valence-corrected chi connectivity index (χ4v) is 3.16. The molecule has 0 aromatic heterocycles. The molecule has 0 amide bonds. The minimum Gasteiger partial charge on any atom is -0.373 e. The molecule has 1 aromatic rings. The first-order valence-electron chi connectivity index (χ1n) is 7.00. The fourth-order valence-electron chi connectivity index (χ4n) is 2.83. The van der Waals surface area contributed by atoms with Gasteiger partial charge in [0.1, 0.15) is 5.82 Å². The van der Waals surface area contributed by atoms with Gasteiger partial charge in [0.2, 0.25) is 0 Å². The second kappa shape index (κ2) is 6.10. The van der Waals surface area contributed by atoms with E-state index >= 15 is 0 Å². The Kier molecular flexibility index (Phi) is 4.40. The van der Waals surface area contributed by atoms with Gasteiger partial charge < -0.3 is 14.2 Å². The van der Waals surface area contributed by atoms with Crippen molar-refractivity contribution in [3.05, 3.63) is 34.1 Å². The van der Waals surface area contributed by atoms with Crippen molar-refractivity contribution in [3.8, 4) is 0 Å². The molecule has 0 radical (unpaired) electrons. The van der Waals surface area contributed by atoms with E-state index in [1.807, 2.05) is 6.07 Å². The molecule has 1 saturated heterocycles. The maximum Gasteiger partial charge on any atom is 0.168 e. The van der Waals surface area contributed by atoms with Crippen LogP contribution in [0.15, 0.2) is 22.7 Å². The van der Waals surface area contributed by atoms with Crippen molar-refractivity contribution in [2.45, 2.75) is 44.2 Å². The van der Waals surface area contributed by atoms with Crippen LogP contribution >= 0.6 is 15.9 Å². The summed E-state index contributed by atoms with van der Waals surface area (Å²) >= 11 is 3.25. The molecule has 1 spiro atoms. The van der Waals surface area contributed by atoms with Gasteiger partial charge in [-0.3, -0.25) is 0 Å². The average Bonchev–Trinajstić information content (AvgIpc) is 2.88. The molecule has 3 rings (SSSR count). The van der Waals surface area contributed by atoms with Crippen LogP contribution in [0, 0.1) is 5.82 Å². The Morgan fingerprint density at radius 1 is 1.25 bits per heavy atom. The monoisotopic (exact) mass is 344 g/mol. The van der Waals surface area contributed by atoms with Crippen molar-refractivity contribution in [1.82, 2.24) is 0 Å². The molecule has 1 aliphatic heterocycles. The molecule has 3 nitrogen and oxygen atoms in total. The van der Waals surface area contributed by atoms with E-state index in [4.69, 9.17) is 14.2 Å². The summed E-state index contributed by atoms with van der Waals surface area (Å²) in [5, 5.41) is 0. The third kappa shape index (κ3) is 3.22. The zero-order valence-electron chi connectivity index (χ0n) is 11.2. The highest BCUT2D eigenvalue weighted by Gasteiger charge is 2.40. The first kappa shape index (κ1) is 14.4. The third-order valence-electron chi connectivity index (χ3n) is 4.00. The molecule has 1 aliphatic carbocycles. The van der Waals surface area contributed by atoms with Gasteiger partial charge >= 0.3 is 0 Å². The second-order valence-electron chi connectivity index (χ2n) is 5.35. The standard InChI is InChI=1S/C15H18BrFO3/c16-12-2-1-11(14(17)9-12)10-18-13-3-5-15(6-4-13)19-7-8-20-15/h1-2,9,13H,3-8,10H2. The molecule has 110 valence electrons. The Bertz CT molecular complexity index is 464. The summed E-state index contributed by atoms with van der Waals surface area (Å²) in [6.45, 7) is 1.70. The Morgan fingerprint density at radius 3 is 2.60 bits per heavy atom. The molecule has 0 N–H and O–H groups in total. The van der Waals surface area contributed by atoms with E-state index in [-0.39, 0.29) is 17.7 Å². The summed E-state index contributed by atoms with van der Waals surface area (Å²) < 4.78 is 31.6. The number of rotatable bonds is 3. The van der Waals surface area contributed by atoms with Gasteiger partial charge in [-0.15, -0.1) is 0 Å². The highest BCUT2D eigenvalue weighted by molar-refractivity contribution is 9.10. The topological polar surface area (TPSA) is 27.7 Å². The summed E-state index contributed by atoms with van der Waals surface area (Å²) in [5.74, 6) is -0.586. The molecule has 1 saturated carbocycles. The van der Waals surface area contributed by atoms with Crippen molar-refractivity contribution in [3.63, 3.8) is 0 Å². The van der Waals surface area contributed by atoms with Crippen molar-refractivity contribution in [2.24, 2.45) is 0 Å². The van der Waals surface area contributed by atoms with Gasteiger partial charge in [-0.2, -0.15) is 0 Å². The lowest BCUT2D eigenvalue weighted by molar-refractivity contribution is -0.192. The molecule has 0 atom stereocenters. The minimum absolute atomic E-state index is 0.163. The van der Waals surface area contributed by atoms with Crippen LogP contribution in [-0.2, 0) is 20.8 Å². The van der Waals surface area contributed by atoms with Crippen LogP contribution < -0.4 is 0 Å². The quantitative estimate of drug-likeness (QED) is 0.834. The molecule has 1 aromatic carbocycles. The number of halogens is 2. The molecule has 2 aliphatic rings. The van der Waals surface area contributed by atoms with Gasteiger partial charge in [0.15, 0.2) is 5.79 Å². The van der Waals surface area contributed by atoms with Gasteiger partial charge in [-0.1, -0.05) is 22.0 Å². The Hall–Kier alpha value is -0.490. The molecule has 5 heteroatoms. The highest BCUT2D eigenvalue weighted by Crippen LogP contribution is 2.36. The average molecular weight is 345 g/mol. The Labute approximate surface area is 126 Å². The van der Waals surface area contributed by atoms with Crippen LogP contribution in [0.4, 0.5) is 4.39 Å². The SMILES string of the molecule is Fc1cc(Br)ccc1COC1CCC2(CC1)OCCO2. The molecular formula is C15H18BrFO3. The molecule has 20 heavy (non-hydrogen) atoms. The molecular weight excluding hydrogens is 327 g/mol. The van der Waals surface area contributed by atoms with E-state index in [1.54, 1.807) is 6.07 Å². The minimum atomic E-state index is -0.358. The first-order valence-corrected chi connectivity index (χ1v) is 7.80. The van der Waals surface area contributed by atoms with Crippen LogP contribution in [0.3, 0.4) is 0 Å². The van der Waals surface area contributed by atoms with Crippen molar-refractivity contribution in [1.29, 1.82) is 0 Å². The van der Waals surface area contributed by atoms with Crippen LogP contribution in [0.25, 0.3) is 0 Å². The van der Waals surface area contributed by atoms with E-state index in [2.05, 4.69) is 15.9 Å². The van der Waals surface area contributed by atoms with E-state index in [0.717, 1.165) is 30.2 Å². The zero-order valence-corrected chi connectivity index (χ0v) is 12.8. The normalized spacial score (nSPS) is 22.5. The third-order valence-corrected chi connectivity index (χ3v) is 4.49. The summed E-state index contributed by atoms with van der Waals surface area (Å²) in [6, 6.07) is 5.06. The summed E-state index contributed by atoms with van der Waals surface area (Å²) in [7, 11) is 0. The predicted molar refractivity (Wildman–Crippen MR) is 75.8 cm³/mol. The molecule has 0 bridgehead atoms. The number of hydrogen-bond acceptors (Lipinski definition) is 3. The van der Waals surface area contributed by atoms with E-state index in [0.29, 0.717) is 25.4 Å². The number of benzene rings is 1. The van der Waals surface area contributed by atoms with Gasteiger partial charge in [0.05, 0.1) is 25.9 Å². The van der Waals surface area contributed by atoms with Gasteiger partial charge in [0.25, 0.3) is 0 Å². The smallest absolute Gasteiger partial charge is 0.168 e. The fraction of sp³-hybridized carbons (Fsp3) is 0.600. The largest absolute Gasteiger partial charge is 0.373 e. The van der Waals surface area contributed by atoms with Crippen molar-refractivity contribution < 1.29 is 18.6 Å². The van der Waals surface area contributed by atoms with E-state index in [1.165, 1.54) is 6.07 Å². The summed E-state index contributed by atoms with van der Waals surface area (Å²) in [5.41, 5.74) is 0.599. The van der Waals surface area contributed by atoms with E-state index < -0.39 is 0 Å².